The van der Waals surface area contributed by atoms with Crippen LogP contribution in [0.3, 0.4) is 0 Å². The number of aliphatic hydroxyl groups excluding tert-OH is 1. The fourth-order valence-electron chi connectivity index (χ4n) is 1.61. The van der Waals surface area contributed by atoms with Crippen LogP contribution in [0.2, 0.25) is 0 Å². The van der Waals surface area contributed by atoms with Gasteiger partial charge in [0.15, 0.2) is 4.98 Å². The standard InChI is InChI=1S/C13H7F3N2O2/c14-13(15,16)11(18-17)12(19)20-10-6-5-8-3-1-2-4-9(8)7-10/h1-7H/p+1/b12-11+/i4+2. The summed E-state index contributed by atoms with van der Waals surface area (Å²) in [6, 6.07) is 11.6. The van der Waals surface area contributed by atoms with Crippen LogP contribution in [-0.2, 0) is 0 Å². The van der Waals surface area contributed by atoms with Crippen molar-refractivity contribution < 1.29 is 23.0 Å². The number of ether oxygens (including phenoxy) is 1. The molecule has 0 amide bonds. The van der Waals surface area contributed by atoms with Crippen molar-refractivity contribution in [3.8, 4) is 5.75 Å². The van der Waals surface area contributed by atoms with Crippen molar-refractivity contribution in [3.05, 3.63) is 59.1 Å². The zero-order valence-corrected chi connectivity index (χ0v) is 9.93. The molecule has 7 heteroatoms. The summed E-state index contributed by atoms with van der Waals surface area (Å²) in [5.74, 6) is -1.53. The van der Waals surface area contributed by atoms with E-state index in [0.29, 0.717) is 0 Å². The second kappa shape index (κ2) is 5.09. The fourth-order valence-corrected chi connectivity index (χ4v) is 1.61. The number of rotatable bonds is 2. The average Bonchev–Trinajstić information content (AvgIpc) is 2.37. The lowest BCUT2D eigenvalue weighted by Gasteiger charge is -2.05. The van der Waals surface area contributed by atoms with E-state index in [4.69, 9.17) is 5.39 Å². The zero-order chi connectivity index (χ0) is 14.8. The molecular weight excluding hydrogens is 275 g/mol. The second-order valence-electron chi connectivity index (χ2n) is 3.86. The molecule has 102 valence electrons. The molecule has 0 spiro atoms. The molecular formula is C13H8F3N2O2+. The summed E-state index contributed by atoms with van der Waals surface area (Å²) >= 11 is 0. The van der Waals surface area contributed by atoms with E-state index in [1.165, 1.54) is 12.1 Å². The van der Waals surface area contributed by atoms with Gasteiger partial charge in [-0.3, -0.25) is 0 Å². The molecule has 0 aliphatic heterocycles. The van der Waals surface area contributed by atoms with Gasteiger partial charge >= 0.3 is 17.8 Å². The van der Waals surface area contributed by atoms with Gasteiger partial charge < -0.3 is 9.84 Å². The van der Waals surface area contributed by atoms with Gasteiger partial charge in [0, 0.05) is 0 Å². The lowest BCUT2D eigenvalue weighted by Crippen LogP contribution is -2.14. The Morgan fingerprint density at radius 1 is 1.30 bits per heavy atom. The molecule has 0 saturated carbocycles. The Morgan fingerprint density at radius 3 is 2.70 bits per heavy atom. The summed E-state index contributed by atoms with van der Waals surface area (Å²) in [6.45, 7) is 0. The molecule has 0 radical (unpaired) electrons. The van der Waals surface area contributed by atoms with E-state index >= 15 is 0 Å². The van der Waals surface area contributed by atoms with Crippen molar-refractivity contribution >= 4 is 10.8 Å². The number of hydrogen-bond donors (Lipinski definition) is 1. The maximum Gasteiger partial charge on any atom is 0.544 e. The predicted molar refractivity (Wildman–Crippen MR) is 65.4 cm³/mol. The van der Waals surface area contributed by atoms with Crippen molar-refractivity contribution in [2.45, 2.75) is 6.18 Å². The first-order valence-corrected chi connectivity index (χ1v) is 5.44. The van der Waals surface area contributed by atoms with Gasteiger partial charge in [-0.1, -0.05) is 30.3 Å². The third-order valence-corrected chi connectivity index (χ3v) is 2.51. The number of alkyl halides is 3. The van der Waals surface area contributed by atoms with Crippen molar-refractivity contribution in [2.75, 3.05) is 0 Å². The Labute approximate surface area is 111 Å². The Kier molecular flexibility index (Phi) is 3.48. The van der Waals surface area contributed by atoms with Gasteiger partial charge in [0.2, 0.25) is 5.39 Å². The highest BCUT2D eigenvalue weighted by atomic mass is 19.4. The number of nitrogens with zero attached hydrogens (tertiary/aromatic N) is 2. The number of benzene rings is 2. The van der Waals surface area contributed by atoms with E-state index in [9.17, 15) is 18.3 Å². The molecule has 2 rings (SSSR count). The zero-order valence-electron chi connectivity index (χ0n) is 9.93. The summed E-state index contributed by atoms with van der Waals surface area (Å²) in [4.78, 5) is 2.00. The van der Waals surface area contributed by atoms with Crippen molar-refractivity contribution in [1.29, 1.82) is 5.39 Å². The number of halogens is 3. The number of diazo groups is 1. The van der Waals surface area contributed by atoms with Crippen LogP contribution in [0.1, 0.15) is 0 Å². The van der Waals surface area contributed by atoms with Gasteiger partial charge in [-0.25, -0.2) is 0 Å². The fraction of sp³-hybridized carbons (Fsp3) is 0.0769. The Bertz CT molecular complexity index is 717. The molecule has 20 heavy (non-hydrogen) atoms. The second-order valence-corrected chi connectivity index (χ2v) is 3.86. The van der Waals surface area contributed by atoms with Gasteiger partial charge in [0.1, 0.15) is 5.75 Å². The van der Waals surface area contributed by atoms with E-state index in [2.05, 4.69) is 4.74 Å². The first-order valence-electron chi connectivity index (χ1n) is 5.44. The molecule has 1 N–H and O–H groups in total. The van der Waals surface area contributed by atoms with Crippen molar-refractivity contribution in [1.82, 2.24) is 0 Å². The summed E-state index contributed by atoms with van der Waals surface area (Å²) in [5, 5.41) is 19.1. The minimum absolute atomic E-state index is 0.00778. The third-order valence-electron chi connectivity index (χ3n) is 2.51. The monoisotopic (exact) mass is 283 g/mol. The maximum atomic E-state index is 12.4. The van der Waals surface area contributed by atoms with Gasteiger partial charge in [0.25, 0.3) is 0 Å². The summed E-state index contributed by atoms with van der Waals surface area (Å²) in [7, 11) is 0. The van der Waals surface area contributed by atoms with Crippen LogP contribution >= 0.6 is 0 Å². The molecule has 0 aliphatic carbocycles. The average molecular weight is 283 g/mol. The molecule has 0 saturated heterocycles. The molecule has 0 unspecified atom stereocenters. The van der Waals surface area contributed by atoms with Crippen LogP contribution in [0.4, 0.5) is 13.2 Å². The minimum atomic E-state index is -5.02. The first-order chi connectivity index (χ1) is 9.41. The van der Waals surface area contributed by atoms with Crippen LogP contribution in [0, 0.1) is 5.39 Å². The van der Waals surface area contributed by atoms with Gasteiger partial charge in [-0.15, -0.1) is 0 Å². The van der Waals surface area contributed by atoms with Crippen molar-refractivity contribution in [2.24, 2.45) is 0 Å². The van der Waals surface area contributed by atoms with Crippen LogP contribution in [0.25, 0.3) is 15.7 Å². The normalized spacial score (nSPS) is 12.7. The van der Waals surface area contributed by atoms with Gasteiger partial charge in [-0.2, -0.15) is 13.2 Å². The number of hydrogen-bond acceptors (Lipinski definition) is 3. The molecule has 0 fully saturated rings. The summed E-state index contributed by atoms with van der Waals surface area (Å²) in [6.07, 6.45) is -5.02. The Hall–Kier alpha value is -2.75. The smallest absolute Gasteiger partial charge is 0.475 e. The van der Waals surface area contributed by atoms with Crippen LogP contribution in [0.5, 0.6) is 5.75 Å². The largest absolute Gasteiger partial charge is 0.544 e. The highest BCUT2D eigenvalue weighted by Crippen LogP contribution is 2.30. The lowest BCUT2D eigenvalue weighted by molar-refractivity contribution is -0.0944. The van der Waals surface area contributed by atoms with E-state index < -0.39 is 17.8 Å². The lowest BCUT2D eigenvalue weighted by atomic mass is 10.2. The first kappa shape index (κ1) is 13.7. The Balaban J connectivity index is 2.37. The molecule has 2 aromatic rings. The Morgan fingerprint density at radius 2 is 2.05 bits per heavy atom. The van der Waals surface area contributed by atoms with E-state index in [1.54, 1.807) is 18.2 Å². The van der Waals surface area contributed by atoms with Crippen LogP contribution < -0.4 is 4.74 Å². The van der Waals surface area contributed by atoms with Gasteiger partial charge in [-0.05, 0) is 22.9 Å². The maximum absolute atomic E-state index is 12.4. The predicted octanol–water partition coefficient (Wildman–Crippen LogP) is 4.36. The van der Waals surface area contributed by atoms with E-state index in [0.717, 1.165) is 10.8 Å². The molecule has 4 nitrogen and oxygen atoms in total. The summed E-state index contributed by atoms with van der Waals surface area (Å²) < 4.78 is 41.8. The van der Waals surface area contributed by atoms with E-state index in [-0.39, 0.29) is 5.75 Å². The van der Waals surface area contributed by atoms with Crippen molar-refractivity contribution in [3.63, 3.8) is 0 Å². The molecule has 2 aromatic carbocycles. The topological polar surface area (TPSA) is 57.6 Å². The molecule has 0 bridgehead atoms. The SMILES string of the molecule is N#[N+]/C(=C(\O)Oc1ccc2ccc[14cH]c2c1)C(F)(F)F. The number of fused-ring (bicyclic) bond motifs is 1. The van der Waals surface area contributed by atoms with Crippen LogP contribution in [-0.4, -0.2) is 11.3 Å². The summed E-state index contributed by atoms with van der Waals surface area (Å²) in [5.41, 5.74) is -1.90. The van der Waals surface area contributed by atoms with Crippen LogP contribution in [0.15, 0.2) is 54.1 Å². The molecule has 0 heterocycles. The molecule has 0 aliphatic rings. The number of aliphatic hydroxyl groups is 1. The highest BCUT2D eigenvalue weighted by molar-refractivity contribution is 5.83. The highest BCUT2D eigenvalue weighted by Gasteiger charge is 2.51. The van der Waals surface area contributed by atoms with E-state index in [1.807, 2.05) is 17.1 Å². The van der Waals surface area contributed by atoms with Gasteiger partial charge in [0.05, 0.1) is 0 Å². The molecule has 0 aromatic heterocycles. The minimum Gasteiger partial charge on any atom is -0.475 e. The quantitative estimate of drug-likeness (QED) is 0.658. The number of allylic oxidation sites excluding steroid dienone is 1. The third kappa shape index (κ3) is 2.80. The molecule has 0 atom stereocenters.